The monoisotopic (exact) mass is 206 g/mol. The van der Waals surface area contributed by atoms with Gasteiger partial charge in [0, 0.05) is 7.11 Å². The Hall–Kier alpha value is -0.240. The lowest BCUT2D eigenvalue weighted by Crippen LogP contribution is -2.72. The average molecular weight is 206 g/mol. The molecule has 6 nitrogen and oxygen atoms in total. The van der Waals surface area contributed by atoms with Crippen LogP contribution in [0.3, 0.4) is 0 Å². The number of hydrogen-bond acceptors (Lipinski definition) is 6. The van der Waals surface area contributed by atoms with Crippen LogP contribution < -0.4 is 0 Å². The van der Waals surface area contributed by atoms with E-state index in [0.29, 0.717) is 0 Å². The topological polar surface area (TPSA) is 99.4 Å². The van der Waals surface area contributed by atoms with Crippen LogP contribution in [0.1, 0.15) is 0 Å². The number of methoxy groups -OCH3 is 1. The van der Waals surface area contributed by atoms with Crippen LogP contribution in [-0.4, -0.2) is 64.3 Å². The van der Waals surface area contributed by atoms with Gasteiger partial charge in [0.05, 0.1) is 18.6 Å². The summed E-state index contributed by atoms with van der Waals surface area (Å²) in [7, 11) is 1.38. The van der Waals surface area contributed by atoms with E-state index in [9.17, 15) is 15.3 Å². The molecule has 4 N–H and O–H groups in total. The van der Waals surface area contributed by atoms with Crippen molar-refractivity contribution < 1.29 is 29.9 Å². The molecule has 0 aromatic heterocycles. The van der Waals surface area contributed by atoms with Gasteiger partial charge in [-0.15, -0.1) is 0 Å². The molecule has 6 unspecified atom stereocenters. The highest BCUT2D eigenvalue weighted by Crippen LogP contribution is 2.51. The minimum Gasteiger partial charge on any atom is -0.393 e. The van der Waals surface area contributed by atoms with Crippen molar-refractivity contribution in [1.29, 1.82) is 0 Å². The molecule has 1 saturated heterocycles. The van der Waals surface area contributed by atoms with Gasteiger partial charge in [-0.05, 0) is 0 Å². The third kappa shape index (κ3) is 0.955. The Balaban J connectivity index is 2.25. The second-order valence-electron chi connectivity index (χ2n) is 3.78. The zero-order valence-electron chi connectivity index (χ0n) is 7.70. The van der Waals surface area contributed by atoms with Crippen molar-refractivity contribution in [3.8, 4) is 0 Å². The lowest BCUT2D eigenvalue weighted by atomic mass is 9.63. The Morgan fingerprint density at radius 1 is 1.29 bits per heavy atom. The molecule has 1 saturated carbocycles. The number of aliphatic hydroxyl groups is 4. The van der Waals surface area contributed by atoms with Crippen molar-refractivity contribution >= 4 is 0 Å². The van der Waals surface area contributed by atoms with Crippen molar-refractivity contribution in [3.63, 3.8) is 0 Å². The minimum absolute atomic E-state index is 0.401. The van der Waals surface area contributed by atoms with E-state index in [0.717, 1.165) is 0 Å². The van der Waals surface area contributed by atoms with Gasteiger partial charge in [0.2, 0.25) is 0 Å². The largest absolute Gasteiger partial charge is 0.393 e. The molecule has 2 aliphatic rings. The van der Waals surface area contributed by atoms with E-state index < -0.39 is 42.7 Å². The summed E-state index contributed by atoms with van der Waals surface area (Å²) in [4.78, 5) is 0. The van der Waals surface area contributed by atoms with E-state index in [1.54, 1.807) is 0 Å². The van der Waals surface area contributed by atoms with Crippen LogP contribution >= 0.6 is 0 Å². The molecule has 0 amide bonds. The first-order chi connectivity index (χ1) is 6.58. The first kappa shape index (κ1) is 10.3. The number of fused-ring (bicyclic) bond motifs is 1. The molecular weight excluding hydrogens is 192 g/mol. The standard InChI is InChI=1S/C8H14O6/c1-13-6-4(10)3-5(11)7(12)14-8(3,6)2-9/h3-7,9-12H,2H2,1H3. The zero-order valence-corrected chi connectivity index (χ0v) is 7.70. The molecule has 2 fully saturated rings. The molecule has 14 heavy (non-hydrogen) atoms. The van der Waals surface area contributed by atoms with Crippen LogP contribution in [0.2, 0.25) is 0 Å². The lowest BCUT2D eigenvalue weighted by molar-refractivity contribution is -0.285. The maximum Gasteiger partial charge on any atom is 0.182 e. The number of ether oxygens (including phenoxy) is 2. The Bertz CT molecular complexity index is 234. The molecule has 6 atom stereocenters. The fourth-order valence-corrected chi connectivity index (χ4v) is 2.52. The summed E-state index contributed by atoms with van der Waals surface area (Å²) < 4.78 is 10.00. The second kappa shape index (κ2) is 3.13. The number of hydrogen-bond donors (Lipinski definition) is 4. The van der Waals surface area contributed by atoms with E-state index in [4.69, 9.17) is 14.6 Å². The van der Waals surface area contributed by atoms with Crippen LogP contribution in [0.25, 0.3) is 0 Å². The van der Waals surface area contributed by atoms with Gasteiger partial charge in [-0.2, -0.15) is 0 Å². The Morgan fingerprint density at radius 3 is 2.43 bits per heavy atom. The fourth-order valence-electron chi connectivity index (χ4n) is 2.52. The highest BCUT2D eigenvalue weighted by molar-refractivity contribution is 5.18. The van der Waals surface area contributed by atoms with E-state index in [1.165, 1.54) is 7.11 Å². The molecular formula is C8H14O6. The van der Waals surface area contributed by atoms with Gasteiger partial charge in [0.1, 0.15) is 17.8 Å². The van der Waals surface area contributed by atoms with E-state index in [-0.39, 0.29) is 0 Å². The summed E-state index contributed by atoms with van der Waals surface area (Å²) in [6.45, 7) is -0.401. The van der Waals surface area contributed by atoms with E-state index in [2.05, 4.69) is 0 Å². The number of aliphatic hydroxyl groups excluding tert-OH is 4. The van der Waals surface area contributed by atoms with Crippen molar-refractivity contribution in [2.75, 3.05) is 13.7 Å². The average Bonchev–Trinajstić information content (AvgIpc) is 2.37. The lowest BCUT2D eigenvalue weighted by Gasteiger charge is -2.52. The summed E-state index contributed by atoms with van der Waals surface area (Å²) in [5.74, 6) is -0.688. The SMILES string of the molecule is COC1C(O)C2C(O)C(O)OC12CO. The zero-order chi connectivity index (χ0) is 10.5. The summed E-state index contributed by atoms with van der Waals surface area (Å²) in [5, 5.41) is 37.5. The van der Waals surface area contributed by atoms with Crippen LogP contribution in [0, 0.1) is 5.92 Å². The maximum atomic E-state index is 9.58. The summed E-state index contributed by atoms with van der Waals surface area (Å²) in [5.41, 5.74) is -1.16. The second-order valence-corrected chi connectivity index (χ2v) is 3.78. The summed E-state index contributed by atoms with van der Waals surface area (Å²) in [6.07, 6.45) is -4.17. The van der Waals surface area contributed by atoms with Gasteiger partial charge in [-0.1, -0.05) is 0 Å². The molecule has 0 bridgehead atoms. The predicted octanol–water partition coefficient (Wildman–Crippen LogP) is -2.57. The van der Waals surface area contributed by atoms with Crippen molar-refractivity contribution in [3.05, 3.63) is 0 Å². The van der Waals surface area contributed by atoms with Crippen molar-refractivity contribution in [2.45, 2.75) is 30.2 Å². The maximum absolute atomic E-state index is 9.58. The molecule has 0 aromatic rings. The third-order valence-corrected chi connectivity index (χ3v) is 3.23. The van der Waals surface area contributed by atoms with E-state index >= 15 is 0 Å². The molecule has 0 aromatic carbocycles. The molecule has 82 valence electrons. The summed E-state index contributed by atoms with van der Waals surface area (Å²) >= 11 is 0. The predicted molar refractivity (Wildman–Crippen MR) is 43.2 cm³/mol. The van der Waals surface area contributed by atoms with Crippen LogP contribution in [0.5, 0.6) is 0 Å². The van der Waals surface area contributed by atoms with Gasteiger partial charge in [0.15, 0.2) is 6.29 Å². The van der Waals surface area contributed by atoms with E-state index in [1.807, 2.05) is 0 Å². The fraction of sp³-hybridized carbons (Fsp3) is 1.00. The van der Waals surface area contributed by atoms with Gasteiger partial charge < -0.3 is 29.9 Å². The smallest absolute Gasteiger partial charge is 0.182 e. The van der Waals surface area contributed by atoms with Crippen molar-refractivity contribution in [2.24, 2.45) is 5.92 Å². The normalized spacial score (nSPS) is 56.8. The highest BCUT2D eigenvalue weighted by atomic mass is 16.7. The molecule has 2 rings (SSSR count). The number of rotatable bonds is 2. The minimum atomic E-state index is -1.37. The first-order valence-corrected chi connectivity index (χ1v) is 4.44. The first-order valence-electron chi connectivity index (χ1n) is 4.44. The Kier molecular flexibility index (Phi) is 2.30. The van der Waals surface area contributed by atoms with Gasteiger partial charge in [-0.3, -0.25) is 0 Å². The molecule has 0 radical (unpaired) electrons. The quantitative estimate of drug-likeness (QED) is 0.396. The Morgan fingerprint density at radius 2 is 1.93 bits per heavy atom. The highest BCUT2D eigenvalue weighted by Gasteiger charge is 2.71. The summed E-state index contributed by atoms with van der Waals surface area (Å²) in [6, 6.07) is 0. The molecule has 1 aliphatic heterocycles. The van der Waals surface area contributed by atoms with Gasteiger partial charge in [-0.25, -0.2) is 0 Å². The molecule has 0 spiro atoms. The van der Waals surface area contributed by atoms with Gasteiger partial charge in [0.25, 0.3) is 0 Å². The van der Waals surface area contributed by atoms with Crippen LogP contribution in [0.15, 0.2) is 0 Å². The van der Waals surface area contributed by atoms with Crippen LogP contribution in [-0.2, 0) is 9.47 Å². The van der Waals surface area contributed by atoms with Crippen molar-refractivity contribution in [1.82, 2.24) is 0 Å². The van der Waals surface area contributed by atoms with Gasteiger partial charge >= 0.3 is 0 Å². The Labute approximate surface area is 80.7 Å². The third-order valence-electron chi connectivity index (χ3n) is 3.23. The molecule has 6 heteroatoms. The molecule has 1 heterocycles. The van der Waals surface area contributed by atoms with Crippen LogP contribution in [0.4, 0.5) is 0 Å². The molecule has 1 aliphatic carbocycles.